The smallest absolute Gasteiger partial charge is 0.332 e. The normalized spacial score (nSPS) is 16.8. The van der Waals surface area contributed by atoms with Crippen LogP contribution in [-0.4, -0.2) is 25.3 Å². The van der Waals surface area contributed by atoms with Crippen molar-refractivity contribution < 1.29 is 14.3 Å². The SMILES string of the molecule is CC(C)CCCCCOC(=O)COC1CCCCC1. The molecule has 0 spiro atoms. The highest BCUT2D eigenvalue weighted by Gasteiger charge is 2.15. The summed E-state index contributed by atoms with van der Waals surface area (Å²) in [5.41, 5.74) is 0. The third kappa shape index (κ3) is 9.04. The summed E-state index contributed by atoms with van der Waals surface area (Å²) in [6, 6.07) is 0. The molecule has 0 unspecified atom stereocenters. The van der Waals surface area contributed by atoms with Gasteiger partial charge < -0.3 is 9.47 Å². The second-order valence-corrected chi connectivity index (χ2v) is 6.03. The van der Waals surface area contributed by atoms with E-state index in [2.05, 4.69) is 13.8 Å². The van der Waals surface area contributed by atoms with Crippen molar-refractivity contribution in [3.63, 3.8) is 0 Å². The third-order valence-electron chi connectivity index (χ3n) is 3.68. The third-order valence-corrected chi connectivity index (χ3v) is 3.68. The predicted octanol–water partition coefficient (Wildman–Crippen LogP) is 4.10. The maximum absolute atomic E-state index is 11.5. The van der Waals surface area contributed by atoms with Gasteiger partial charge in [0, 0.05) is 0 Å². The minimum Gasteiger partial charge on any atom is -0.464 e. The lowest BCUT2D eigenvalue weighted by atomic mass is 9.98. The minimum atomic E-state index is -0.200. The van der Waals surface area contributed by atoms with Crippen LogP contribution in [0.15, 0.2) is 0 Å². The number of unbranched alkanes of at least 4 members (excludes halogenated alkanes) is 2. The quantitative estimate of drug-likeness (QED) is 0.467. The first-order valence-electron chi connectivity index (χ1n) is 7.95. The van der Waals surface area contributed by atoms with E-state index >= 15 is 0 Å². The first-order valence-corrected chi connectivity index (χ1v) is 7.95. The van der Waals surface area contributed by atoms with Crippen LogP contribution in [0.1, 0.15) is 71.6 Å². The average molecular weight is 270 g/mol. The summed E-state index contributed by atoms with van der Waals surface area (Å²) in [5, 5.41) is 0. The highest BCUT2D eigenvalue weighted by molar-refractivity contribution is 5.70. The molecular weight excluding hydrogens is 240 g/mol. The molecule has 0 aromatic heterocycles. The molecule has 0 saturated heterocycles. The molecule has 1 aliphatic carbocycles. The summed E-state index contributed by atoms with van der Waals surface area (Å²) in [4.78, 5) is 11.5. The van der Waals surface area contributed by atoms with Gasteiger partial charge in [-0.2, -0.15) is 0 Å². The van der Waals surface area contributed by atoms with Crippen LogP contribution < -0.4 is 0 Å². The van der Waals surface area contributed by atoms with E-state index in [4.69, 9.17) is 9.47 Å². The zero-order valence-electron chi connectivity index (χ0n) is 12.7. The highest BCUT2D eigenvalue weighted by Crippen LogP contribution is 2.20. The van der Waals surface area contributed by atoms with E-state index in [-0.39, 0.29) is 18.7 Å². The van der Waals surface area contributed by atoms with Crippen LogP contribution >= 0.6 is 0 Å². The molecule has 19 heavy (non-hydrogen) atoms. The standard InChI is InChI=1S/C16H30O3/c1-14(2)9-5-4-8-12-18-16(17)13-19-15-10-6-3-7-11-15/h14-15H,3-13H2,1-2H3. The van der Waals surface area contributed by atoms with E-state index in [1.54, 1.807) is 0 Å². The summed E-state index contributed by atoms with van der Waals surface area (Å²) in [6.07, 6.45) is 10.9. The van der Waals surface area contributed by atoms with Gasteiger partial charge in [0.25, 0.3) is 0 Å². The molecule has 0 radical (unpaired) electrons. The van der Waals surface area contributed by atoms with Crippen molar-refractivity contribution in [2.75, 3.05) is 13.2 Å². The molecule has 0 atom stereocenters. The fraction of sp³-hybridized carbons (Fsp3) is 0.938. The van der Waals surface area contributed by atoms with Gasteiger partial charge in [-0.3, -0.25) is 0 Å². The van der Waals surface area contributed by atoms with Crippen molar-refractivity contribution in [3.05, 3.63) is 0 Å². The van der Waals surface area contributed by atoms with E-state index in [0.29, 0.717) is 6.61 Å². The van der Waals surface area contributed by atoms with Gasteiger partial charge >= 0.3 is 5.97 Å². The largest absolute Gasteiger partial charge is 0.464 e. The molecule has 1 saturated carbocycles. The number of hydrogen-bond donors (Lipinski definition) is 0. The van der Waals surface area contributed by atoms with Crippen molar-refractivity contribution in [2.24, 2.45) is 5.92 Å². The zero-order valence-corrected chi connectivity index (χ0v) is 12.7. The molecule has 112 valence electrons. The lowest BCUT2D eigenvalue weighted by Gasteiger charge is -2.21. The highest BCUT2D eigenvalue weighted by atomic mass is 16.6. The van der Waals surface area contributed by atoms with Gasteiger partial charge in [-0.25, -0.2) is 4.79 Å². The van der Waals surface area contributed by atoms with E-state index in [1.165, 1.54) is 32.1 Å². The number of carbonyl (C=O) groups excluding carboxylic acids is 1. The topological polar surface area (TPSA) is 35.5 Å². The Morgan fingerprint density at radius 1 is 1.11 bits per heavy atom. The van der Waals surface area contributed by atoms with Crippen molar-refractivity contribution >= 4 is 5.97 Å². The fourth-order valence-electron chi connectivity index (χ4n) is 2.48. The lowest BCUT2D eigenvalue weighted by molar-refractivity contribution is -0.151. The monoisotopic (exact) mass is 270 g/mol. The molecule has 1 fully saturated rings. The molecule has 0 aromatic carbocycles. The molecule has 3 nitrogen and oxygen atoms in total. The van der Waals surface area contributed by atoms with Crippen LogP contribution in [-0.2, 0) is 14.3 Å². The molecule has 0 N–H and O–H groups in total. The summed E-state index contributed by atoms with van der Waals surface area (Å²) in [5.74, 6) is 0.570. The molecule has 1 rings (SSSR count). The molecule has 0 amide bonds. The van der Waals surface area contributed by atoms with Gasteiger partial charge in [0.05, 0.1) is 12.7 Å². The first-order chi connectivity index (χ1) is 9.18. The molecule has 3 heteroatoms. The number of ether oxygens (including phenoxy) is 2. The van der Waals surface area contributed by atoms with Crippen molar-refractivity contribution in [1.82, 2.24) is 0 Å². The Labute approximate surface area is 118 Å². The minimum absolute atomic E-state index is 0.136. The molecule has 0 aromatic rings. The Morgan fingerprint density at radius 3 is 2.53 bits per heavy atom. The van der Waals surface area contributed by atoms with Crippen LogP contribution in [0, 0.1) is 5.92 Å². The summed E-state index contributed by atoms with van der Waals surface area (Å²) >= 11 is 0. The fourth-order valence-corrected chi connectivity index (χ4v) is 2.48. The molecule has 1 aliphatic rings. The molecule has 0 heterocycles. The predicted molar refractivity (Wildman–Crippen MR) is 77.1 cm³/mol. The summed E-state index contributed by atoms with van der Waals surface area (Å²) in [6.45, 7) is 5.16. The Bertz CT molecular complexity index is 232. The van der Waals surface area contributed by atoms with E-state index in [1.807, 2.05) is 0 Å². The number of esters is 1. The van der Waals surface area contributed by atoms with E-state index in [9.17, 15) is 4.79 Å². The van der Waals surface area contributed by atoms with E-state index in [0.717, 1.165) is 31.6 Å². The Morgan fingerprint density at radius 2 is 1.84 bits per heavy atom. The van der Waals surface area contributed by atoms with Gasteiger partial charge in [-0.1, -0.05) is 52.4 Å². The Hall–Kier alpha value is -0.570. The van der Waals surface area contributed by atoms with Crippen LogP contribution in [0.5, 0.6) is 0 Å². The molecule has 0 bridgehead atoms. The second-order valence-electron chi connectivity index (χ2n) is 6.03. The van der Waals surface area contributed by atoms with Gasteiger partial charge in [0.15, 0.2) is 0 Å². The number of carbonyl (C=O) groups is 1. The average Bonchev–Trinajstić information content (AvgIpc) is 2.41. The number of rotatable bonds is 9. The van der Waals surface area contributed by atoms with Crippen molar-refractivity contribution in [1.29, 1.82) is 0 Å². The summed E-state index contributed by atoms with van der Waals surface area (Å²) < 4.78 is 10.8. The van der Waals surface area contributed by atoms with Crippen molar-refractivity contribution in [2.45, 2.75) is 77.7 Å². The number of hydrogen-bond acceptors (Lipinski definition) is 3. The first kappa shape index (κ1) is 16.5. The van der Waals surface area contributed by atoms with Crippen LogP contribution in [0.25, 0.3) is 0 Å². The molecule has 0 aliphatic heterocycles. The van der Waals surface area contributed by atoms with Gasteiger partial charge in [-0.05, 0) is 25.2 Å². The van der Waals surface area contributed by atoms with Crippen LogP contribution in [0.4, 0.5) is 0 Å². The van der Waals surface area contributed by atoms with Gasteiger partial charge in [0.2, 0.25) is 0 Å². The van der Waals surface area contributed by atoms with E-state index < -0.39 is 0 Å². The maximum atomic E-state index is 11.5. The van der Waals surface area contributed by atoms with Crippen LogP contribution in [0.2, 0.25) is 0 Å². The Balaban J connectivity index is 1.90. The molecular formula is C16H30O3. The zero-order chi connectivity index (χ0) is 13.9. The summed E-state index contributed by atoms with van der Waals surface area (Å²) in [7, 11) is 0. The van der Waals surface area contributed by atoms with Crippen LogP contribution in [0.3, 0.4) is 0 Å². The van der Waals surface area contributed by atoms with Crippen molar-refractivity contribution in [3.8, 4) is 0 Å². The maximum Gasteiger partial charge on any atom is 0.332 e. The van der Waals surface area contributed by atoms with Gasteiger partial charge in [-0.15, -0.1) is 0 Å². The Kier molecular flexibility index (Phi) is 8.89. The second kappa shape index (κ2) is 10.2. The van der Waals surface area contributed by atoms with Gasteiger partial charge in [0.1, 0.15) is 6.61 Å². The lowest BCUT2D eigenvalue weighted by Crippen LogP contribution is -2.22.